The fourth-order valence-electron chi connectivity index (χ4n) is 2.34. The predicted molar refractivity (Wildman–Crippen MR) is 75.4 cm³/mol. The minimum Gasteiger partial charge on any atom is -0.341 e. The lowest BCUT2D eigenvalue weighted by Gasteiger charge is -2.33. The molecule has 0 spiro atoms. The van der Waals surface area contributed by atoms with Crippen LogP contribution < -0.4 is 5.14 Å². The largest absolute Gasteiger partial charge is 0.341 e. The summed E-state index contributed by atoms with van der Waals surface area (Å²) in [6, 6.07) is 3.83. The minimum absolute atomic E-state index is 0.0178. The quantitative estimate of drug-likeness (QED) is 0.909. The van der Waals surface area contributed by atoms with Gasteiger partial charge >= 0.3 is 0 Å². The first-order valence-electron chi connectivity index (χ1n) is 6.23. The third-order valence-corrected chi connectivity index (χ3v) is 5.86. The Kier molecular flexibility index (Phi) is 4.27. The molecule has 1 aliphatic rings. The van der Waals surface area contributed by atoms with Crippen molar-refractivity contribution in [2.45, 2.75) is 30.9 Å². The van der Waals surface area contributed by atoms with Gasteiger partial charge in [-0.15, -0.1) is 11.3 Å². The minimum atomic E-state index is -3.56. The summed E-state index contributed by atoms with van der Waals surface area (Å²) in [4.78, 5) is 15.0. The van der Waals surface area contributed by atoms with E-state index in [1.54, 1.807) is 4.90 Å². The van der Waals surface area contributed by atoms with Gasteiger partial charge < -0.3 is 4.90 Å². The zero-order chi connectivity index (χ0) is 14.0. The molecule has 0 aromatic carbocycles. The van der Waals surface area contributed by atoms with Crippen molar-refractivity contribution < 1.29 is 13.2 Å². The van der Waals surface area contributed by atoms with Crippen LogP contribution in [0.25, 0.3) is 0 Å². The molecule has 19 heavy (non-hydrogen) atoms. The molecular formula is C12H18N2O3S2. The highest BCUT2D eigenvalue weighted by Gasteiger charge is 2.32. The molecule has 0 saturated carbocycles. The van der Waals surface area contributed by atoms with E-state index in [0.29, 0.717) is 19.4 Å². The molecule has 0 bridgehead atoms. The van der Waals surface area contributed by atoms with Gasteiger partial charge in [0.1, 0.15) is 0 Å². The molecule has 1 aromatic heterocycles. The van der Waals surface area contributed by atoms with E-state index in [9.17, 15) is 13.2 Å². The molecule has 2 rings (SSSR count). The Labute approximate surface area is 117 Å². The Hall–Kier alpha value is -0.920. The van der Waals surface area contributed by atoms with Crippen LogP contribution in [0.3, 0.4) is 0 Å². The maximum absolute atomic E-state index is 12.4. The third kappa shape index (κ3) is 3.34. The molecule has 2 atom stereocenters. The van der Waals surface area contributed by atoms with Crippen LogP contribution >= 0.6 is 11.3 Å². The zero-order valence-corrected chi connectivity index (χ0v) is 12.4. The summed E-state index contributed by atoms with van der Waals surface area (Å²) >= 11 is 1.54. The molecule has 1 aliphatic heterocycles. The van der Waals surface area contributed by atoms with E-state index in [4.69, 9.17) is 5.14 Å². The van der Waals surface area contributed by atoms with Crippen LogP contribution in [-0.2, 0) is 14.8 Å². The summed E-state index contributed by atoms with van der Waals surface area (Å²) in [5.74, 6) is -0.241. The van der Waals surface area contributed by atoms with Gasteiger partial charge in [0.25, 0.3) is 0 Å². The fourth-order valence-corrected chi connectivity index (χ4v) is 4.00. The zero-order valence-electron chi connectivity index (χ0n) is 10.8. The molecule has 7 heteroatoms. The normalized spacial score (nSPS) is 22.2. The number of nitrogens with two attached hydrogens (primary N) is 1. The van der Waals surface area contributed by atoms with Crippen molar-refractivity contribution in [3.05, 3.63) is 22.4 Å². The number of rotatable bonds is 3. The Morgan fingerprint density at radius 1 is 1.58 bits per heavy atom. The SMILES string of the molecule is C[C@H](C(=O)N1CCC[C@H](S(N)(=O)=O)C1)c1cccs1. The molecule has 5 nitrogen and oxygen atoms in total. The summed E-state index contributed by atoms with van der Waals surface area (Å²) < 4.78 is 22.8. The Balaban J connectivity index is 2.07. The number of carbonyl (C=O) groups is 1. The molecule has 1 amide bonds. The van der Waals surface area contributed by atoms with Crippen molar-refractivity contribution >= 4 is 27.3 Å². The molecule has 1 saturated heterocycles. The van der Waals surface area contributed by atoms with Crippen LogP contribution in [0.5, 0.6) is 0 Å². The number of amides is 1. The molecule has 0 unspecified atom stereocenters. The number of hydrogen-bond donors (Lipinski definition) is 1. The van der Waals surface area contributed by atoms with E-state index in [1.807, 2.05) is 24.4 Å². The lowest BCUT2D eigenvalue weighted by molar-refractivity contribution is -0.133. The number of carbonyl (C=O) groups excluding carboxylic acids is 1. The van der Waals surface area contributed by atoms with Gasteiger partial charge in [-0.3, -0.25) is 4.79 Å². The average molecular weight is 302 g/mol. The number of piperidine rings is 1. The highest BCUT2D eigenvalue weighted by Crippen LogP contribution is 2.25. The summed E-state index contributed by atoms with van der Waals surface area (Å²) in [5.41, 5.74) is 0. The van der Waals surface area contributed by atoms with Crippen molar-refractivity contribution in [3.63, 3.8) is 0 Å². The van der Waals surface area contributed by atoms with E-state index in [-0.39, 0.29) is 18.4 Å². The number of hydrogen-bond acceptors (Lipinski definition) is 4. The number of thiophene rings is 1. The van der Waals surface area contributed by atoms with Crippen LogP contribution in [0.4, 0.5) is 0 Å². The van der Waals surface area contributed by atoms with Crippen LogP contribution in [-0.4, -0.2) is 37.6 Å². The topological polar surface area (TPSA) is 80.5 Å². The lowest BCUT2D eigenvalue weighted by atomic mass is 10.1. The Bertz CT molecular complexity index is 539. The summed E-state index contributed by atoms with van der Waals surface area (Å²) in [6.45, 7) is 2.68. The van der Waals surface area contributed by atoms with Gasteiger partial charge in [-0.1, -0.05) is 6.07 Å². The summed E-state index contributed by atoms with van der Waals surface area (Å²) in [7, 11) is -3.56. The monoisotopic (exact) mass is 302 g/mol. The van der Waals surface area contributed by atoms with Crippen molar-refractivity contribution in [3.8, 4) is 0 Å². The van der Waals surface area contributed by atoms with Crippen LogP contribution in [0.15, 0.2) is 17.5 Å². The van der Waals surface area contributed by atoms with E-state index in [2.05, 4.69) is 0 Å². The van der Waals surface area contributed by atoms with Crippen molar-refractivity contribution in [1.29, 1.82) is 0 Å². The molecule has 1 aromatic rings. The van der Waals surface area contributed by atoms with E-state index in [0.717, 1.165) is 4.88 Å². The standard InChI is InChI=1S/C12H18N2O3S2/c1-9(11-5-3-7-18-11)12(15)14-6-2-4-10(8-14)19(13,16)17/h3,5,7,9-10H,2,4,6,8H2,1H3,(H2,13,16,17)/t9-,10-/m0/s1. The van der Waals surface area contributed by atoms with Gasteiger partial charge in [-0.25, -0.2) is 13.6 Å². The molecule has 2 heterocycles. The highest BCUT2D eigenvalue weighted by molar-refractivity contribution is 7.89. The van der Waals surface area contributed by atoms with Gasteiger partial charge in [0.05, 0.1) is 11.2 Å². The second-order valence-corrected chi connectivity index (χ2v) is 7.70. The molecular weight excluding hydrogens is 284 g/mol. The predicted octanol–water partition coefficient (Wildman–Crippen LogP) is 1.13. The first-order chi connectivity index (χ1) is 8.89. The molecule has 0 radical (unpaired) electrons. The fraction of sp³-hybridized carbons (Fsp3) is 0.583. The van der Waals surface area contributed by atoms with Crippen LogP contribution in [0.1, 0.15) is 30.6 Å². The first-order valence-corrected chi connectivity index (χ1v) is 8.72. The third-order valence-electron chi connectivity index (χ3n) is 3.49. The lowest BCUT2D eigenvalue weighted by Crippen LogP contribution is -2.48. The molecule has 106 valence electrons. The molecule has 2 N–H and O–H groups in total. The molecule has 0 aliphatic carbocycles. The van der Waals surface area contributed by atoms with Gasteiger partial charge in [0, 0.05) is 18.0 Å². The van der Waals surface area contributed by atoms with Gasteiger partial charge in [-0.2, -0.15) is 0 Å². The first kappa shape index (κ1) is 14.5. The Morgan fingerprint density at radius 2 is 2.32 bits per heavy atom. The average Bonchev–Trinajstić information content (AvgIpc) is 2.90. The van der Waals surface area contributed by atoms with E-state index >= 15 is 0 Å². The van der Waals surface area contributed by atoms with Crippen molar-refractivity contribution in [2.75, 3.05) is 13.1 Å². The Morgan fingerprint density at radius 3 is 2.89 bits per heavy atom. The smallest absolute Gasteiger partial charge is 0.230 e. The highest BCUT2D eigenvalue weighted by atomic mass is 32.2. The second kappa shape index (κ2) is 5.60. The van der Waals surface area contributed by atoms with E-state index in [1.165, 1.54) is 11.3 Å². The maximum Gasteiger partial charge on any atom is 0.230 e. The van der Waals surface area contributed by atoms with Crippen molar-refractivity contribution in [1.82, 2.24) is 4.90 Å². The maximum atomic E-state index is 12.4. The number of sulfonamides is 1. The number of primary sulfonamides is 1. The van der Waals surface area contributed by atoms with Gasteiger partial charge in [0.2, 0.25) is 15.9 Å². The van der Waals surface area contributed by atoms with Crippen molar-refractivity contribution in [2.24, 2.45) is 5.14 Å². The summed E-state index contributed by atoms with van der Waals surface area (Å²) in [6.07, 6.45) is 1.22. The second-order valence-electron chi connectivity index (χ2n) is 4.87. The number of likely N-dealkylation sites (tertiary alicyclic amines) is 1. The summed E-state index contributed by atoms with van der Waals surface area (Å²) in [5, 5.41) is 6.49. The van der Waals surface area contributed by atoms with Crippen LogP contribution in [0.2, 0.25) is 0 Å². The van der Waals surface area contributed by atoms with Gasteiger partial charge in [-0.05, 0) is 31.2 Å². The number of nitrogens with zero attached hydrogens (tertiary/aromatic N) is 1. The van der Waals surface area contributed by atoms with Crippen LogP contribution in [0, 0.1) is 0 Å². The molecule has 1 fully saturated rings. The van der Waals surface area contributed by atoms with Gasteiger partial charge in [0.15, 0.2) is 0 Å². The van der Waals surface area contributed by atoms with E-state index < -0.39 is 15.3 Å².